The molecule has 2 aromatic carbocycles. The van der Waals surface area contributed by atoms with Gasteiger partial charge >= 0.3 is 5.97 Å². The molecule has 4 rings (SSSR count). The third kappa shape index (κ3) is 12.1. The minimum atomic E-state index is -1.65. The Hall–Kier alpha value is -6.27. The maximum absolute atomic E-state index is 14.3. The zero-order valence-corrected chi connectivity index (χ0v) is 33.8. The number of fused-ring (bicyclic) bond motifs is 2. The summed E-state index contributed by atoms with van der Waals surface area (Å²) in [5.74, 6) is -6.75. The molecule has 59 heavy (non-hydrogen) atoms. The number of benzene rings is 2. The van der Waals surface area contributed by atoms with Crippen LogP contribution in [-0.2, 0) is 46.4 Å². The van der Waals surface area contributed by atoms with Gasteiger partial charge in [0.2, 0.25) is 35.4 Å². The zero-order chi connectivity index (χ0) is 43.4. The first-order valence-electron chi connectivity index (χ1n) is 19.5. The van der Waals surface area contributed by atoms with Crippen molar-refractivity contribution >= 4 is 63.2 Å². The molecule has 0 spiro atoms. The van der Waals surface area contributed by atoms with Gasteiger partial charge in [-0.1, -0.05) is 70.5 Å². The summed E-state index contributed by atoms with van der Waals surface area (Å²) >= 11 is 0. The predicted molar refractivity (Wildman–Crippen MR) is 219 cm³/mol. The fourth-order valence-electron chi connectivity index (χ4n) is 6.59. The van der Waals surface area contributed by atoms with Crippen molar-refractivity contribution in [3.05, 3.63) is 72.1 Å². The molecule has 18 heteroatoms. The molecule has 12 N–H and O–H groups in total. The van der Waals surface area contributed by atoms with Crippen molar-refractivity contribution < 1.29 is 43.8 Å². The molecule has 7 atom stereocenters. The number of carboxylic acids is 1. The molecule has 18 nitrogen and oxygen atoms in total. The van der Waals surface area contributed by atoms with Gasteiger partial charge < -0.3 is 57.8 Å². The van der Waals surface area contributed by atoms with Crippen molar-refractivity contribution in [1.82, 2.24) is 41.9 Å². The van der Waals surface area contributed by atoms with Crippen molar-refractivity contribution in [2.75, 3.05) is 13.1 Å². The lowest BCUT2D eigenvalue weighted by Crippen LogP contribution is -2.62. The molecule has 0 bridgehead atoms. The third-order valence-electron chi connectivity index (χ3n) is 10.2. The highest BCUT2D eigenvalue weighted by molar-refractivity contribution is 5.97. The highest BCUT2D eigenvalue weighted by Gasteiger charge is 2.36. The number of aliphatic carboxylic acids is 1. The van der Waals surface area contributed by atoms with E-state index >= 15 is 0 Å². The number of carboxylic acid groups (broad SMARTS) is 1. The van der Waals surface area contributed by atoms with Crippen molar-refractivity contribution in [1.29, 1.82) is 0 Å². The van der Waals surface area contributed by atoms with Crippen molar-refractivity contribution in [3.8, 4) is 0 Å². The molecular formula is C41H55N9O9. The Balaban J connectivity index is 1.62. The average molecular weight is 818 g/mol. The molecule has 0 saturated heterocycles. The van der Waals surface area contributed by atoms with Crippen LogP contribution in [0.5, 0.6) is 0 Å². The number of hydrogen-bond donors (Lipinski definition) is 11. The molecule has 0 aliphatic carbocycles. The molecule has 0 fully saturated rings. The highest BCUT2D eigenvalue weighted by atomic mass is 16.4. The summed E-state index contributed by atoms with van der Waals surface area (Å²) in [6, 6.07) is 7.80. The van der Waals surface area contributed by atoms with Crippen LogP contribution in [0.25, 0.3) is 21.8 Å². The van der Waals surface area contributed by atoms with E-state index in [9.17, 15) is 43.8 Å². The van der Waals surface area contributed by atoms with Crippen molar-refractivity contribution in [2.24, 2.45) is 17.6 Å². The Labute approximate surface area is 341 Å². The van der Waals surface area contributed by atoms with Crippen LogP contribution in [0.15, 0.2) is 60.9 Å². The van der Waals surface area contributed by atoms with E-state index in [4.69, 9.17) is 5.73 Å². The number of nitrogens with two attached hydrogens (primary N) is 1. The number of hydrogen-bond acceptors (Lipinski definition) is 9. The number of para-hydroxylation sites is 2. The minimum Gasteiger partial charge on any atom is -0.480 e. The smallest absolute Gasteiger partial charge is 0.326 e. The molecular weight excluding hydrogens is 763 g/mol. The van der Waals surface area contributed by atoms with Crippen LogP contribution in [-0.4, -0.2) is 111 Å². The summed E-state index contributed by atoms with van der Waals surface area (Å²) in [5.41, 5.74) is 8.13. The number of H-pyrrole nitrogens is 2. The second-order valence-corrected chi connectivity index (χ2v) is 15.0. The lowest BCUT2D eigenvalue weighted by atomic mass is 9.97. The minimum absolute atomic E-state index is 0.0790. The number of aromatic nitrogens is 2. The topological polar surface area (TPSA) is 290 Å². The Bertz CT molecular complexity index is 2130. The first-order valence-corrected chi connectivity index (χ1v) is 19.5. The summed E-state index contributed by atoms with van der Waals surface area (Å²) in [7, 11) is 0. The molecule has 2 aromatic heterocycles. The summed E-state index contributed by atoms with van der Waals surface area (Å²) < 4.78 is 0. The van der Waals surface area contributed by atoms with E-state index < -0.39 is 96.1 Å². The number of rotatable bonds is 21. The van der Waals surface area contributed by atoms with Crippen LogP contribution in [0.1, 0.15) is 52.2 Å². The van der Waals surface area contributed by atoms with Crippen LogP contribution in [0.4, 0.5) is 0 Å². The number of aliphatic hydroxyl groups excluding tert-OH is 1. The molecule has 0 aliphatic heterocycles. The number of amides is 6. The number of aliphatic hydroxyl groups is 1. The van der Waals surface area contributed by atoms with Crippen LogP contribution < -0.4 is 37.6 Å². The van der Waals surface area contributed by atoms with Gasteiger partial charge in [-0.15, -0.1) is 0 Å². The standard InChI is InChI=1S/C41H55N9O9/c1-6-22(4)35(48-33(53)20-45-32(52)17-42)39(56)46-31(16-25-19-44-29-14-10-8-12-27(25)29)38(55)50-36(23(5)51)40(57)47-30(37(54)49-34(21(2)3)41(58)59)15-24-18-43-28-13-9-7-11-26(24)28/h7-14,18-19,21-23,30-31,34-36,43-44,51H,6,15-17,20,42H2,1-5H3,(H,45,52)(H,46,56)(H,47,57)(H,48,53)(H,49,54)(H,50,55)(H,58,59). The van der Waals surface area contributed by atoms with Gasteiger partial charge in [0, 0.05) is 47.0 Å². The maximum atomic E-state index is 14.3. The summed E-state index contributed by atoms with van der Waals surface area (Å²) in [6.07, 6.45) is 2.13. The Morgan fingerprint density at radius 2 is 1.12 bits per heavy atom. The van der Waals surface area contributed by atoms with Crippen LogP contribution in [0.3, 0.4) is 0 Å². The molecule has 2 heterocycles. The van der Waals surface area contributed by atoms with E-state index in [1.165, 1.54) is 6.92 Å². The molecule has 4 aromatic rings. The molecule has 318 valence electrons. The second-order valence-electron chi connectivity index (χ2n) is 15.0. The fraction of sp³-hybridized carbons (Fsp3) is 0.439. The largest absolute Gasteiger partial charge is 0.480 e. The fourth-order valence-corrected chi connectivity index (χ4v) is 6.59. The van der Waals surface area contributed by atoms with E-state index in [0.29, 0.717) is 17.5 Å². The van der Waals surface area contributed by atoms with Gasteiger partial charge in [0.05, 0.1) is 19.2 Å². The van der Waals surface area contributed by atoms with Crippen LogP contribution >= 0.6 is 0 Å². The van der Waals surface area contributed by atoms with Gasteiger partial charge in [-0.2, -0.15) is 0 Å². The molecule has 0 saturated carbocycles. The molecule has 7 unspecified atom stereocenters. The van der Waals surface area contributed by atoms with Gasteiger partial charge in [-0.3, -0.25) is 28.8 Å². The monoisotopic (exact) mass is 817 g/mol. The van der Waals surface area contributed by atoms with Gasteiger partial charge in [0.15, 0.2) is 0 Å². The first kappa shape index (κ1) is 45.4. The quantitative estimate of drug-likeness (QED) is 0.0539. The highest BCUT2D eigenvalue weighted by Crippen LogP contribution is 2.21. The maximum Gasteiger partial charge on any atom is 0.326 e. The van der Waals surface area contributed by atoms with Crippen molar-refractivity contribution in [3.63, 3.8) is 0 Å². The van der Waals surface area contributed by atoms with E-state index in [2.05, 4.69) is 41.9 Å². The van der Waals surface area contributed by atoms with Gasteiger partial charge in [-0.05, 0) is 42.0 Å². The zero-order valence-electron chi connectivity index (χ0n) is 33.8. The lowest BCUT2D eigenvalue weighted by molar-refractivity contribution is -0.143. The van der Waals surface area contributed by atoms with E-state index in [-0.39, 0.29) is 19.4 Å². The molecule has 0 radical (unpaired) electrons. The van der Waals surface area contributed by atoms with Gasteiger partial charge in [0.25, 0.3) is 0 Å². The number of carbonyl (C=O) groups is 7. The first-order chi connectivity index (χ1) is 28.0. The van der Waals surface area contributed by atoms with Gasteiger partial charge in [-0.25, -0.2) is 4.79 Å². The predicted octanol–water partition coefficient (Wildman–Crippen LogP) is 0.101. The van der Waals surface area contributed by atoms with Crippen molar-refractivity contribution in [2.45, 2.75) is 90.2 Å². The number of nitrogens with one attached hydrogen (secondary N) is 8. The SMILES string of the molecule is CCC(C)C(NC(=O)CNC(=O)CN)C(=O)NC(Cc1c[nH]c2ccccc12)C(=O)NC(C(=O)NC(Cc1c[nH]c2ccccc12)C(=O)NC(C(=O)O)C(C)C)C(C)O. The Morgan fingerprint density at radius 1 is 0.644 bits per heavy atom. The Morgan fingerprint density at radius 3 is 1.56 bits per heavy atom. The van der Waals surface area contributed by atoms with E-state index in [1.807, 2.05) is 49.4 Å². The van der Waals surface area contributed by atoms with E-state index in [1.54, 1.807) is 39.2 Å². The second kappa shape index (κ2) is 20.9. The van der Waals surface area contributed by atoms with Crippen LogP contribution in [0.2, 0.25) is 0 Å². The van der Waals surface area contributed by atoms with Crippen LogP contribution in [0, 0.1) is 11.8 Å². The summed E-state index contributed by atoms with van der Waals surface area (Å²) in [5, 5.41) is 37.6. The third-order valence-corrected chi connectivity index (χ3v) is 10.2. The lowest BCUT2D eigenvalue weighted by Gasteiger charge is -2.29. The number of aromatic amines is 2. The average Bonchev–Trinajstić information content (AvgIpc) is 3.82. The summed E-state index contributed by atoms with van der Waals surface area (Å²) in [6.45, 7) is 7.29. The summed E-state index contributed by atoms with van der Waals surface area (Å²) in [4.78, 5) is 98.7. The molecule has 6 amide bonds. The van der Waals surface area contributed by atoms with E-state index in [0.717, 1.165) is 21.8 Å². The van der Waals surface area contributed by atoms with Gasteiger partial charge in [0.1, 0.15) is 30.2 Å². The normalized spacial score (nSPS) is 14.9. The molecule has 0 aliphatic rings. The Kier molecular flexibility index (Phi) is 16.1. The number of carbonyl (C=O) groups excluding carboxylic acids is 6.